The highest BCUT2D eigenvalue weighted by Crippen LogP contribution is 2.15. The molecule has 1 atom stereocenters. The Bertz CT molecular complexity index is 626. The summed E-state index contributed by atoms with van der Waals surface area (Å²) >= 11 is 0. The maximum atomic E-state index is 4.13. The van der Waals surface area contributed by atoms with Crippen molar-refractivity contribution in [2.24, 2.45) is 0 Å². The number of nitrogens with zero attached hydrogens (tertiary/aromatic N) is 2. The molecule has 0 bridgehead atoms. The van der Waals surface area contributed by atoms with Gasteiger partial charge in [0, 0.05) is 18.3 Å². The van der Waals surface area contributed by atoms with Crippen LogP contribution in [0.25, 0.3) is 10.9 Å². The molecule has 5 nitrogen and oxygen atoms in total. The first-order valence-corrected chi connectivity index (χ1v) is 5.97. The Morgan fingerprint density at radius 1 is 1.33 bits per heavy atom. The molecule has 2 heterocycles. The van der Waals surface area contributed by atoms with Crippen LogP contribution in [0.15, 0.2) is 36.8 Å². The quantitative estimate of drug-likeness (QED) is 0.655. The van der Waals surface area contributed by atoms with Crippen molar-refractivity contribution in [2.75, 3.05) is 0 Å². The molecule has 0 amide bonds. The molecule has 0 saturated carbocycles. The van der Waals surface area contributed by atoms with E-state index in [2.05, 4.69) is 56.7 Å². The molecule has 0 saturated heterocycles. The third-order valence-corrected chi connectivity index (χ3v) is 3.08. The molecule has 0 aliphatic heterocycles. The molecule has 3 aromatic rings. The minimum Gasteiger partial charge on any atom is -0.361 e. The van der Waals surface area contributed by atoms with E-state index in [9.17, 15) is 0 Å². The molecule has 0 fully saturated rings. The molecule has 92 valence electrons. The maximum Gasteiger partial charge on any atom is 0.141 e. The topological polar surface area (TPSA) is 69.4 Å². The summed E-state index contributed by atoms with van der Waals surface area (Å²) in [6.45, 7) is 2.87. The fourth-order valence-corrected chi connectivity index (χ4v) is 2.00. The highest BCUT2D eigenvalue weighted by molar-refractivity contribution is 5.79. The van der Waals surface area contributed by atoms with Gasteiger partial charge in [-0.3, -0.25) is 5.10 Å². The standard InChI is InChI=1S/C13H15N5/c1-9(13-16-8-17-18-13)15-7-10-2-3-11-4-5-14-12(11)6-10/h2-6,8-9,14-15H,7H2,1H3,(H,16,17,18). The zero-order valence-corrected chi connectivity index (χ0v) is 10.1. The van der Waals surface area contributed by atoms with Gasteiger partial charge in [0.05, 0.1) is 6.04 Å². The van der Waals surface area contributed by atoms with E-state index in [-0.39, 0.29) is 6.04 Å². The number of nitrogens with one attached hydrogen (secondary N) is 3. The van der Waals surface area contributed by atoms with E-state index in [0.29, 0.717) is 0 Å². The number of hydrogen-bond donors (Lipinski definition) is 3. The molecule has 0 aliphatic rings. The van der Waals surface area contributed by atoms with Gasteiger partial charge in [-0.05, 0) is 30.0 Å². The average molecular weight is 241 g/mol. The fraction of sp³-hybridized carbons (Fsp3) is 0.231. The lowest BCUT2D eigenvalue weighted by atomic mass is 10.1. The van der Waals surface area contributed by atoms with Gasteiger partial charge in [-0.15, -0.1) is 0 Å². The van der Waals surface area contributed by atoms with Crippen molar-refractivity contribution in [3.8, 4) is 0 Å². The summed E-state index contributed by atoms with van der Waals surface area (Å²) in [7, 11) is 0. The zero-order valence-electron chi connectivity index (χ0n) is 10.1. The Labute approximate surface area is 105 Å². The number of hydrogen-bond acceptors (Lipinski definition) is 3. The maximum absolute atomic E-state index is 4.13. The van der Waals surface area contributed by atoms with Crippen LogP contribution in [0.2, 0.25) is 0 Å². The monoisotopic (exact) mass is 241 g/mol. The number of rotatable bonds is 4. The summed E-state index contributed by atoms with van der Waals surface area (Å²) in [5.41, 5.74) is 2.41. The van der Waals surface area contributed by atoms with Crippen LogP contribution in [0.1, 0.15) is 24.4 Å². The molecular formula is C13H15N5. The van der Waals surface area contributed by atoms with Gasteiger partial charge in [-0.25, -0.2) is 4.98 Å². The van der Waals surface area contributed by atoms with Crippen LogP contribution in [0.4, 0.5) is 0 Å². The molecule has 3 N–H and O–H groups in total. The summed E-state index contributed by atoms with van der Waals surface area (Å²) < 4.78 is 0. The van der Waals surface area contributed by atoms with Crippen LogP contribution in [-0.4, -0.2) is 20.2 Å². The molecule has 18 heavy (non-hydrogen) atoms. The van der Waals surface area contributed by atoms with Gasteiger partial charge >= 0.3 is 0 Å². The molecule has 1 aromatic carbocycles. The lowest BCUT2D eigenvalue weighted by molar-refractivity contribution is 0.548. The van der Waals surface area contributed by atoms with Crippen LogP contribution in [0.3, 0.4) is 0 Å². The van der Waals surface area contributed by atoms with Crippen LogP contribution in [-0.2, 0) is 6.54 Å². The van der Waals surface area contributed by atoms with Gasteiger partial charge < -0.3 is 10.3 Å². The predicted octanol–water partition coefficient (Wildman–Crippen LogP) is 2.14. The molecular weight excluding hydrogens is 226 g/mol. The number of benzene rings is 1. The van der Waals surface area contributed by atoms with Crippen molar-refractivity contribution in [1.29, 1.82) is 0 Å². The minimum absolute atomic E-state index is 0.159. The molecule has 5 heteroatoms. The lowest BCUT2D eigenvalue weighted by Crippen LogP contribution is -2.19. The molecule has 0 spiro atoms. The van der Waals surface area contributed by atoms with Crippen molar-refractivity contribution < 1.29 is 0 Å². The Hall–Kier alpha value is -2.14. The molecule has 1 unspecified atom stereocenters. The van der Waals surface area contributed by atoms with E-state index in [1.807, 2.05) is 6.20 Å². The van der Waals surface area contributed by atoms with Gasteiger partial charge in [0.2, 0.25) is 0 Å². The zero-order chi connectivity index (χ0) is 12.4. The Morgan fingerprint density at radius 2 is 2.28 bits per heavy atom. The first kappa shape index (κ1) is 11.0. The van der Waals surface area contributed by atoms with Gasteiger partial charge in [0.15, 0.2) is 0 Å². The summed E-state index contributed by atoms with van der Waals surface area (Å²) in [5.74, 6) is 0.857. The normalized spacial score (nSPS) is 12.9. The highest BCUT2D eigenvalue weighted by Gasteiger charge is 2.07. The van der Waals surface area contributed by atoms with E-state index in [0.717, 1.165) is 12.4 Å². The Kier molecular flexibility index (Phi) is 2.82. The number of aromatic amines is 2. The number of aromatic nitrogens is 4. The van der Waals surface area contributed by atoms with Crippen molar-refractivity contribution in [3.05, 3.63) is 48.2 Å². The average Bonchev–Trinajstić information content (AvgIpc) is 3.05. The largest absolute Gasteiger partial charge is 0.361 e. The van der Waals surface area contributed by atoms with Crippen LogP contribution >= 0.6 is 0 Å². The molecule has 3 rings (SSSR count). The van der Waals surface area contributed by atoms with E-state index in [1.54, 1.807) is 0 Å². The van der Waals surface area contributed by atoms with Gasteiger partial charge in [0.1, 0.15) is 12.2 Å². The third-order valence-electron chi connectivity index (χ3n) is 3.08. The van der Waals surface area contributed by atoms with Crippen molar-refractivity contribution in [1.82, 2.24) is 25.5 Å². The Morgan fingerprint density at radius 3 is 3.11 bits per heavy atom. The second-order valence-corrected chi connectivity index (χ2v) is 4.37. The van der Waals surface area contributed by atoms with Crippen LogP contribution in [0, 0.1) is 0 Å². The number of fused-ring (bicyclic) bond motifs is 1. The first-order valence-electron chi connectivity index (χ1n) is 5.97. The first-order chi connectivity index (χ1) is 8.83. The smallest absolute Gasteiger partial charge is 0.141 e. The van der Waals surface area contributed by atoms with E-state index in [4.69, 9.17) is 0 Å². The summed E-state index contributed by atoms with van der Waals surface area (Å²) in [6.07, 6.45) is 3.48. The van der Waals surface area contributed by atoms with Gasteiger partial charge in [0.25, 0.3) is 0 Å². The second kappa shape index (κ2) is 4.62. The van der Waals surface area contributed by atoms with E-state index >= 15 is 0 Å². The van der Waals surface area contributed by atoms with Crippen molar-refractivity contribution in [3.63, 3.8) is 0 Å². The summed E-state index contributed by atoms with van der Waals surface area (Å²) in [4.78, 5) is 7.35. The summed E-state index contributed by atoms with van der Waals surface area (Å²) in [6, 6.07) is 8.66. The number of H-pyrrole nitrogens is 2. The van der Waals surface area contributed by atoms with Gasteiger partial charge in [-0.2, -0.15) is 5.10 Å². The fourth-order valence-electron chi connectivity index (χ4n) is 2.00. The summed E-state index contributed by atoms with van der Waals surface area (Å²) in [5, 5.41) is 11.4. The second-order valence-electron chi connectivity index (χ2n) is 4.37. The van der Waals surface area contributed by atoms with E-state index in [1.165, 1.54) is 22.8 Å². The molecule has 2 aromatic heterocycles. The Balaban J connectivity index is 1.69. The predicted molar refractivity (Wildman–Crippen MR) is 69.9 cm³/mol. The van der Waals surface area contributed by atoms with Gasteiger partial charge in [-0.1, -0.05) is 12.1 Å². The third kappa shape index (κ3) is 2.12. The van der Waals surface area contributed by atoms with Crippen molar-refractivity contribution >= 4 is 10.9 Å². The minimum atomic E-state index is 0.159. The molecule has 0 radical (unpaired) electrons. The lowest BCUT2D eigenvalue weighted by Gasteiger charge is -2.10. The van der Waals surface area contributed by atoms with Crippen molar-refractivity contribution in [2.45, 2.75) is 19.5 Å². The highest BCUT2D eigenvalue weighted by atomic mass is 15.2. The van der Waals surface area contributed by atoms with Crippen LogP contribution < -0.4 is 5.32 Å². The SMILES string of the molecule is CC(NCc1ccc2cc[nH]c2c1)c1ncn[nH]1. The van der Waals surface area contributed by atoms with E-state index < -0.39 is 0 Å². The van der Waals surface area contributed by atoms with Crippen LogP contribution in [0.5, 0.6) is 0 Å². The molecule has 0 aliphatic carbocycles.